The van der Waals surface area contributed by atoms with Crippen molar-refractivity contribution in [2.24, 2.45) is 0 Å². The molecule has 1 N–H and O–H groups in total. The van der Waals surface area contributed by atoms with Gasteiger partial charge >= 0.3 is 0 Å². The minimum Gasteiger partial charge on any atom is -0.367 e. The molecule has 0 aromatic heterocycles. The van der Waals surface area contributed by atoms with Gasteiger partial charge < -0.3 is 10.2 Å². The lowest BCUT2D eigenvalue weighted by molar-refractivity contribution is 0.425. The summed E-state index contributed by atoms with van der Waals surface area (Å²) in [5.41, 5.74) is 0.914. The second-order valence-electron chi connectivity index (χ2n) is 3.70. The summed E-state index contributed by atoms with van der Waals surface area (Å²) in [7, 11) is 1.87. The molecule has 1 heterocycles. The number of anilines is 1. The van der Waals surface area contributed by atoms with Crippen molar-refractivity contribution in [1.82, 2.24) is 5.32 Å². The summed E-state index contributed by atoms with van der Waals surface area (Å²) in [6.07, 6.45) is 0. The summed E-state index contributed by atoms with van der Waals surface area (Å²) in [5, 5.41) is 11.8. The Kier molecular flexibility index (Phi) is 2.57. The van der Waals surface area contributed by atoms with Gasteiger partial charge in [0.2, 0.25) is 0 Å². The Balaban J connectivity index is 2.24. The molecule has 0 radical (unpaired) electrons. The van der Waals surface area contributed by atoms with Crippen LogP contribution in [-0.4, -0.2) is 26.2 Å². The van der Waals surface area contributed by atoms with E-state index in [1.165, 1.54) is 6.07 Å². The molecule has 0 bridgehead atoms. The molecule has 78 valence electrons. The van der Waals surface area contributed by atoms with Crippen LogP contribution in [0.1, 0.15) is 5.56 Å². The molecule has 0 saturated carbocycles. The average Bonchev–Trinajstić information content (AvgIpc) is 2.14. The summed E-state index contributed by atoms with van der Waals surface area (Å²) in [6.45, 7) is 1.77. The third kappa shape index (κ3) is 1.79. The van der Waals surface area contributed by atoms with Crippen molar-refractivity contribution in [2.45, 2.75) is 6.04 Å². The zero-order valence-corrected chi connectivity index (χ0v) is 8.50. The van der Waals surface area contributed by atoms with E-state index >= 15 is 0 Å². The maximum Gasteiger partial charge on any atom is 0.147 e. The van der Waals surface area contributed by atoms with E-state index in [1.807, 2.05) is 18.0 Å². The van der Waals surface area contributed by atoms with E-state index in [1.54, 1.807) is 12.1 Å². The normalized spacial score (nSPS) is 15.5. The van der Waals surface area contributed by atoms with Crippen LogP contribution in [0.4, 0.5) is 10.1 Å². The van der Waals surface area contributed by atoms with Gasteiger partial charge in [0.05, 0.1) is 23.4 Å². The Labute approximate surface area is 88.1 Å². The van der Waals surface area contributed by atoms with Crippen molar-refractivity contribution in [2.75, 3.05) is 25.0 Å². The second kappa shape index (κ2) is 3.87. The lowest BCUT2D eigenvalue weighted by Gasteiger charge is -2.37. The molecule has 0 amide bonds. The van der Waals surface area contributed by atoms with Crippen molar-refractivity contribution >= 4 is 5.69 Å². The number of halogens is 1. The van der Waals surface area contributed by atoms with Crippen LogP contribution in [0, 0.1) is 17.1 Å². The fraction of sp³-hybridized carbons (Fsp3) is 0.364. The highest BCUT2D eigenvalue weighted by molar-refractivity contribution is 5.51. The van der Waals surface area contributed by atoms with Gasteiger partial charge in [0.25, 0.3) is 0 Å². The van der Waals surface area contributed by atoms with Gasteiger partial charge in [-0.05, 0) is 18.2 Å². The molecule has 0 aliphatic carbocycles. The van der Waals surface area contributed by atoms with Gasteiger partial charge in [0.1, 0.15) is 5.82 Å². The van der Waals surface area contributed by atoms with Gasteiger partial charge in [-0.3, -0.25) is 0 Å². The molecule has 1 aromatic rings. The topological polar surface area (TPSA) is 39.1 Å². The molecule has 15 heavy (non-hydrogen) atoms. The van der Waals surface area contributed by atoms with Crippen molar-refractivity contribution in [3.63, 3.8) is 0 Å². The van der Waals surface area contributed by atoms with Crippen molar-refractivity contribution in [1.29, 1.82) is 5.26 Å². The van der Waals surface area contributed by atoms with Crippen LogP contribution in [0.3, 0.4) is 0 Å². The van der Waals surface area contributed by atoms with Gasteiger partial charge in [-0.25, -0.2) is 4.39 Å². The smallest absolute Gasteiger partial charge is 0.147 e. The second-order valence-corrected chi connectivity index (χ2v) is 3.70. The first-order valence-electron chi connectivity index (χ1n) is 4.85. The Hall–Kier alpha value is -1.60. The Morgan fingerprint density at radius 2 is 2.27 bits per heavy atom. The van der Waals surface area contributed by atoms with Gasteiger partial charge in [-0.1, -0.05) is 0 Å². The van der Waals surface area contributed by atoms with Crippen LogP contribution in [0.25, 0.3) is 0 Å². The van der Waals surface area contributed by atoms with E-state index in [-0.39, 0.29) is 5.82 Å². The maximum atomic E-state index is 13.6. The fourth-order valence-electron chi connectivity index (χ4n) is 1.61. The fourth-order valence-corrected chi connectivity index (χ4v) is 1.61. The third-order valence-electron chi connectivity index (χ3n) is 2.76. The molecule has 3 nitrogen and oxygen atoms in total. The predicted octanol–water partition coefficient (Wildman–Crippen LogP) is 1.11. The maximum absolute atomic E-state index is 13.6. The number of nitrogens with zero attached hydrogens (tertiary/aromatic N) is 2. The van der Waals surface area contributed by atoms with Crippen molar-refractivity contribution < 1.29 is 4.39 Å². The minimum absolute atomic E-state index is 0.330. The molecule has 2 rings (SSSR count). The summed E-state index contributed by atoms with van der Waals surface area (Å²) >= 11 is 0. The molecule has 0 atom stereocenters. The molecule has 1 aliphatic heterocycles. The van der Waals surface area contributed by atoms with E-state index in [0.29, 0.717) is 17.3 Å². The van der Waals surface area contributed by atoms with Crippen LogP contribution in [0.5, 0.6) is 0 Å². The Morgan fingerprint density at radius 3 is 2.73 bits per heavy atom. The molecular formula is C11H12FN3. The Morgan fingerprint density at radius 1 is 1.53 bits per heavy atom. The highest BCUT2D eigenvalue weighted by Gasteiger charge is 2.23. The number of nitrogens with one attached hydrogen (secondary N) is 1. The number of hydrogen-bond acceptors (Lipinski definition) is 3. The number of likely N-dealkylation sites (N-methyl/N-ethyl adjacent to an activating group) is 1. The molecule has 1 fully saturated rings. The summed E-state index contributed by atoms with van der Waals surface area (Å²) in [5.74, 6) is -0.330. The first kappa shape index (κ1) is 9.94. The monoisotopic (exact) mass is 205 g/mol. The third-order valence-corrected chi connectivity index (χ3v) is 2.76. The molecule has 1 aromatic carbocycles. The van der Waals surface area contributed by atoms with Gasteiger partial charge in [0.15, 0.2) is 0 Å². The van der Waals surface area contributed by atoms with Gasteiger partial charge in [0, 0.05) is 20.1 Å². The zero-order chi connectivity index (χ0) is 10.8. The summed E-state index contributed by atoms with van der Waals surface area (Å²) in [6, 6.07) is 6.85. The number of nitriles is 1. The van der Waals surface area contributed by atoms with Crippen LogP contribution >= 0.6 is 0 Å². The van der Waals surface area contributed by atoms with Gasteiger partial charge in [-0.2, -0.15) is 5.26 Å². The zero-order valence-electron chi connectivity index (χ0n) is 8.50. The summed E-state index contributed by atoms with van der Waals surface area (Å²) in [4.78, 5) is 1.91. The van der Waals surface area contributed by atoms with E-state index in [4.69, 9.17) is 5.26 Å². The molecule has 4 heteroatoms. The van der Waals surface area contributed by atoms with E-state index in [2.05, 4.69) is 5.32 Å². The average molecular weight is 205 g/mol. The lowest BCUT2D eigenvalue weighted by atomic mass is 10.1. The lowest BCUT2D eigenvalue weighted by Crippen LogP contribution is -2.56. The van der Waals surface area contributed by atoms with Crippen LogP contribution in [0.15, 0.2) is 18.2 Å². The Bertz CT molecular complexity index is 407. The van der Waals surface area contributed by atoms with E-state index in [0.717, 1.165) is 13.1 Å². The van der Waals surface area contributed by atoms with Crippen LogP contribution in [-0.2, 0) is 0 Å². The highest BCUT2D eigenvalue weighted by atomic mass is 19.1. The molecule has 0 spiro atoms. The number of rotatable bonds is 2. The largest absolute Gasteiger partial charge is 0.367 e. The summed E-state index contributed by atoms with van der Waals surface area (Å²) < 4.78 is 13.6. The van der Waals surface area contributed by atoms with E-state index < -0.39 is 0 Å². The quantitative estimate of drug-likeness (QED) is 0.786. The molecule has 1 aliphatic rings. The standard InChI is InChI=1S/C11H12FN3/c1-15(9-6-14-7-9)11-3-2-8(5-13)4-10(11)12/h2-4,9,14H,6-7H2,1H3. The van der Waals surface area contributed by atoms with Crippen LogP contribution in [0.2, 0.25) is 0 Å². The van der Waals surface area contributed by atoms with Gasteiger partial charge in [-0.15, -0.1) is 0 Å². The van der Waals surface area contributed by atoms with Crippen molar-refractivity contribution in [3.8, 4) is 6.07 Å². The molecule has 0 unspecified atom stereocenters. The number of benzene rings is 1. The minimum atomic E-state index is -0.330. The first-order chi connectivity index (χ1) is 7.22. The van der Waals surface area contributed by atoms with Crippen molar-refractivity contribution in [3.05, 3.63) is 29.6 Å². The van der Waals surface area contributed by atoms with E-state index in [9.17, 15) is 4.39 Å². The number of hydrogen-bond donors (Lipinski definition) is 1. The van der Waals surface area contributed by atoms with Crippen LogP contribution < -0.4 is 10.2 Å². The molecule has 1 saturated heterocycles. The SMILES string of the molecule is CN(c1ccc(C#N)cc1F)C1CNC1. The first-order valence-corrected chi connectivity index (χ1v) is 4.85. The highest BCUT2D eigenvalue weighted by Crippen LogP contribution is 2.22. The predicted molar refractivity (Wildman–Crippen MR) is 56.2 cm³/mol. The molecular weight excluding hydrogens is 193 g/mol.